The number of carbonyl (C=O) groups is 1. The van der Waals surface area contributed by atoms with E-state index < -0.39 is 28.1 Å². The molecule has 1 fully saturated rings. The fraction of sp³-hybridized carbons (Fsp3) is 0.500. The minimum absolute atomic E-state index is 0.142. The lowest BCUT2D eigenvalue weighted by molar-refractivity contribution is -0.182. The van der Waals surface area contributed by atoms with Crippen molar-refractivity contribution < 1.29 is 31.5 Å². The van der Waals surface area contributed by atoms with Gasteiger partial charge in [0.15, 0.2) is 0 Å². The Hall–Kier alpha value is -1.61. The summed E-state index contributed by atoms with van der Waals surface area (Å²) in [4.78, 5) is 10.9. The molecule has 9 heteroatoms. The number of sulfonamides is 1. The highest BCUT2D eigenvalue weighted by atomic mass is 32.2. The summed E-state index contributed by atoms with van der Waals surface area (Å²) in [6, 6.07) is 3.69. The van der Waals surface area contributed by atoms with E-state index in [1.807, 2.05) is 0 Å². The van der Waals surface area contributed by atoms with Crippen LogP contribution in [0, 0.1) is 12.8 Å². The number of aryl methyl sites for hydroxylation is 1. The fourth-order valence-electron chi connectivity index (χ4n) is 2.56. The van der Waals surface area contributed by atoms with E-state index in [4.69, 9.17) is 5.11 Å². The zero-order valence-corrected chi connectivity index (χ0v) is 13.1. The van der Waals surface area contributed by atoms with Crippen LogP contribution in [-0.2, 0) is 10.0 Å². The lowest BCUT2D eigenvalue weighted by Crippen LogP contribution is -2.42. The van der Waals surface area contributed by atoms with Gasteiger partial charge in [0.2, 0.25) is 10.0 Å². The Labute approximate surface area is 131 Å². The number of hydrogen-bond donors (Lipinski definition) is 1. The Morgan fingerprint density at radius 2 is 1.83 bits per heavy atom. The van der Waals surface area contributed by atoms with E-state index in [9.17, 15) is 26.4 Å². The van der Waals surface area contributed by atoms with Crippen LogP contribution in [0.2, 0.25) is 0 Å². The van der Waals surface area contributed by atoms with E-state index in [2.05, 4.69) is 0 Å². The average molecular weight is 351 g/mol. The molecule has 0 spiro atoms. The van der Waals surface area contributed by atoms with Crippen molar-refractivity contribution in [2.24, 2.45) is 5.92 Å². The molecule has 0 atom stereocenters. The number of alkyl halides is 3. The van der Waals surface area contributed by atoms with Crippen LogP contribution in [0.5, 0.6) is 0 Å². The molecule has 0 radical (unpaired) electrons. The monoisotopic (exact) mass is 351 g/mol. The predicted octanol–water partition coefficient (Wildman–Crippen LogP) is 2.66. The normalized spacial score (nSPS) is 18.1. The van der Waals surface area contributed by atoms with Gasteiger partial charge in [0.25, 0.3) is 0 Å². The molecule has 0 aliphatic carbocycles. The van der Waals surface area contributed by atoms with Crippen molar-refractivity contribution in [3.63, 3.8) is 0 Å². The third-order valence-corrected chi connectivity index (χ3v) is 5.89. The number of aromatic carboxylic acids is 1. The molecule has 0 bridgehead atoms. The maximum atomic E-state index is 12.6. The zero-order valence-electron chi connectivity index (χ0n) is 12.3. The first-order valence-corrected chi connectivity index (χ1v) is 8.38. The molecule has 0 aromatic heterocycles. The van der Waals surface area contributed by atoms with E-state index in [-0.39, 0.29) is 36.4 Å². The Morgan fingerprint density at radius 1 is 1.26 bits per heavy atom. The molecule has 1 aliphatic heterocycles. The summed E-state index contributed by atoms with van der Waals surface area (Å²) in [5, 5.41) is 9.06. The highest BCUT2D eigenvalue weighted by molar-refractivity contribution is 7.89. The van der Waals surface area contributed by atoms with Gasteiger partial charge in [0.1, 0.15) is 0 Å². The highest BCUT2D eigenvalue weighted by Gasteiger charge is 2.43. The van der Waals surface area contributed by atoms with Gasteiger partial charge in [0.05, 0.1) is 16.4 Å². The van der Waals surface area contributed by atoms with Crippen molar-refractivity contribution in [3.05, 3.63) is 29.3 Å². The van der Waals surface area contributed by atoms with E-state index in [0.29, 0.717) is 5.56 Å². The maximum Gasteiger partial charge on any atom is 0.391 e. The Morgan fingerprint density at radius 3 is 2.30 bits per heavy atom. The molecule has 1 aliphatic rings. The molecule has 2 rings (SSSR count). The number of rotatable bonds is 3. The molecule has 23 heavy (non-hydrogen) atoms. The van der Waals surface area contributed by atoms with Crippen molar-refractivity contribution in [2.75, 3.05) is 13.1 Å². The van der Waals surface area contributed by atoms with Gasteiger partial charge in [0, 0.05) is 13.1 Å². The summed E-state index contributed by atoms with van der Waals surface area (Å²) in [5.74, 6) is -2.75. The summed E-state index contributed by atoms with van der Waals surface area (Å²) in [6.45, 7) is 1.07. The third kappa shape index (κ3) is 3.66. The van der Waals surface area contributed by atoms with Crippen LogP contribution >= 0.6 is 0 Å². The number of piperidine rings is 1. The van der Waals surface area contributed by atoms with Crippen LogP contribution in [0.15, 0.2) is 23.1 Å². The van der Waals surface area contributed by atoms with E-state index in [0.717, 1.165) is 10.4 Å². The van der Waals surface area contributed by atoms with Crippen LogP contribution in [0.3, 0.4) is 0 Å². The van der Waals surface area contributed by atoms with Crippen LogP contribution in [0.25, 0.3) is 0 Å². The summed E-state index contributed by atoms with van der Waals surface area (Å²) >= 11 is 0. The molecule has 1 N–H and O–H groups in total. The largest absolute Gasteiger partial charge is 0.478 e. The minimum Gasteiger partial charge on any atom is -0.478 e. The molecule has 1 aromatic carbocycles. The number of nitrogens with zero attached hydrogens (tertiary/aromatic N) is 1. The maximum absolute atomic E-state index is 12.6. The first-order valence-electron chi connectivity index (χ1n) is 6.94. The van der Waals surface area contributed by atoms with Crippen LogP contribution in [0.1, 0.15) is 28.8 Å². The quantitative estimate of drug-likeness (QED) is 0.908. The van der Waals surface area contributed by atoms with Crippen molar-refractivity contribution in [3.8, 4) is 0 Å². The molecule has 5 nitrogen and oxygen atoms in total. The number of carboxylic acids is 1. The van der Waals surface area contributed by atoms with Gasteiger partial charge in [-0.2, -0.15) is 17.5 Å². The molecule has 1 aromatic rings. The first kappa shape index (κ1) is 17.7. The number of carboxylic acid groups (broad SMARTS) is 1. The zero-order chi connectivity index (χ0) is 17.4. The lowest BCUT2D eigenvalue weighted by Gasteiger charge is -2.32. The molecule has 128 valence electrons. The Kier molecular flexibility index (Phi) is 4.72. The molecular formula is C14H16F3NO4S. The highest BCUT2D eigenvalue weighted by Crippen LogP contribution is 2.35. The van der Waals surface area contributed by atoms with Crippen molar-refractivity contribution in [2.45, 2.75) is 30.8 Å². The van der Waals surface area contributed by atoms with Crippen LogP contribution in [0.4, 0.5) is 13.2 Å². The molecule has 0 saturated carbocycles. The lowest BCUT2D eigenvalue weighted by atomic mass is 9.98. The van der Waals surface area contributed by atoms with Gasteiger partial charge in [-0.05, 0) is 37.5 Å². The summed E-state index contributed by atoms with van der Waals surface area (Å²) in [6.07, 6.45) is -4.91. The smallest absolute Gasteiger partial charge is 0.391 e. The summed E-state index contributed by atoms with van der Waals surface area (Å²) in [5.41, 5.74) is 0.267. The van der Waals surface area contributed by atoms with Crippen molar-refractivity contribution >= 4 is 16.0 Å². The van der Waals surface area contributed by atoms with E-state index in [1.54, 1.807) is 0 Å². The molecule has 0 amide bonds. The van der Waals surface area contributed by atoms with E-state index >= 15 is 0 Å². The second-order valence-electron chi connectivity index (χ2n) is 5.50. The SMILES string of the molecule is Cc1ccc(S(=O)(=O)N2CCC(C(F)(F)F)CC2)cc1C(=O)O. The Bertz CT molecular complexity index is 707. The fourth-order valence-corrected chi connectivity index (χ4v) is 4.06. The number of benzene rings is 1. The number of halogens is 3. The molecular weight excluding hydrogens is 335 g/mol. The second kappa shape index (κ2) is 6.12. The van der Waals surface area contributed by atoms with Crippen molar-refractivity contribution in [1.82, 2.24) is 4.31 Å². The van der Waals surface area contributed by atoms with Crippen LogP contribution < -0.4 is 0 Å². The number of hydrogen-bond acceptors (Lipinski definition) is 3. The van der Waals surface area contributed by atoms with Crippen molar-refractivity contribution in [1.29, 1.82) is 0 Å². The molecule has 1 saturated heterocycles. The van der Waals surface area contributed by atoms with Gasteiger partial charge in [-0.3, -0.25) is 0 Å². The molecule has 0 unspecified atom stereocenters. The Balaban J connectivity index is 2.24. The first-order chi connectivity index (χ1) is 10.5. The van der Waals surface area contributed by atoms with Crippen LogP contribution in [-0.4, -0.2) is 43.1 Å². The second-order valence-corrected chi connectivity index (χ2v) is 7.44. The minimum atomic E-state index is -4.32. The van der Waals surface area contributed by atoms with Gasteiger partial charge in [-0.1, -0.05) is 6.07 Å². The third-order valence-electron chi connectivity index (χ3n) is 3.99. The van der Waals surface area contributed by atoms with Gasteiger partial charge in [-0.25, -0.2) is 13.2 Å². The van der Waals surface area contributed by atoms with E-state index in [1.165, 1.54) is 19.1 Å². The summed E-state index contributed by atoms with van der Waals surface area (Å²) in [7, 11) is -4.00. The standard InChI is InChI=1S/C14H16F3NO4S/c1-9-2-3-11(8-12(9)13(19)20)23(21,22)18-6-4-10(5-7-18)14(15,16)17/h2-3,8,10H,4-7H2,1H3,(H,19,20). The summed E-state index contributed by atoms with van der Waals surface area (Å²) < 4.78 is 63.9. The van der Waals surface area contributed by atoms with Gasteiger partial charge < -0.3 is 5.11 Å². The van der Waals surface area contributed by atoms with Gasteiger partial charge in [-0.15, -0.1) is 0 Å². The van der Waals surface area contributed by atoms with Gasteiger partial charge >= 0.3 is 12.1 Å². The topological polar surface area (TPSA) is 74.7 Å². The average Bonchev–Trinajstić information content (AvgIpc) is 2.46. The molecule has 1 heterocycles. The predicted molar refractivity (Wildman–Crippen MR) is 75.7 cm³/mol.